The minimum Gasteiger partial charge on any atom is -0.306 e. The van der Waals surface area contributed by atoms with Gasteiger partial charge in [0.25, 0.3) is 0 Å². The van der Waals surface area contributed by atoms with Crippen molar-refractivity contribution in [2.24, 2.45) is 4.99 Å². The van der Waals surface area contributed by atoms with E-state index < -0.39 is 0 Å². The Morgan fingerprint density at radius 2 is 1.11 bits per heavy atom. The molecule has 0 aromatic carbocycles. The summed E-state index contributed by atoms with van der Waals surface area (Å²) in [5.74, 6) is 0. The van der Waals surface area contributed by atoms with Gasteiger partial charge in [0.05, 0.1) is 6.04 Å². The molecule has 0 aliphatic carbocycles. The molecule has 18 heavy (non-hydrogen) atoms. The highest BCUT2D eigenvalue weighted by atomic mass is 15.2. The molecule has 0 atom stereocenters. The highest BCUT2D eigenvalue weighted by molar-refractivity contribution is 5.24. The Labute approximate surface area is 114 Å². The fourth-order valence-electron chi connectivity index (χ4n) is 2.08. The molecule has 0 bridgehead atoms. The first-order valence-corrected chi connectivity index (χ1v) is 6.63. The van der Waals surface area contributed by atoms with E-state index >= 15 is 0 Å². The number of hydrogen-bond donors (Lipinski definition) is 0. The first-order chi connectivity index (χ1) is 8.11. The van der Waals surface area contributed by atoms with Crippen LogP contribution in [0.1, 0.15) is 20.3 Å². The summed E-state index contributed by atoms with van der Waals surface area (Å²) in [6, 6.07) is 0.543. The zero-order valence-corrected chi connectivity index (χ0v) is 11.7. The third kappa shape index (κ3) is 7.09. The molecule has 0 radical (unpaired) electrons. The lowest BCUT2D eigenvalue weighted by Crippen LogP contribution is -2.42. The number of piperazine rings is 1. The number of likely N-dealkylation sites (N-methyl/N-ethyl adjacent to an activating group) is 2. The zero-order chi connectivity index (χ0) is 12.7. The Balaban J connectivity index is 0.000000306. The molecule has 0 amide bonds. The first-order valence-electron chi connectivity index (χ1n) is 6.63. The van der Waals surface area contributed by atoms with Crippen LogP contribution in [0.2, 0.25) is 0 Å². The van der Waals surface area contributed by atoms with Gasteiger partial charge in [-0.3, -0.25) is 4.99 Å². The summed E-state index contributed by atoms with van der Waals surface area (Å²) in [5.41, 5.74) is 0. The van der Waals surface area contributed by atoms with Crippen LogP contribution in [-0.4, -0.2) is 87.9 Å². The van der Waals surface area contributed by atoms with E-state index in [4.69, 9.17) is 0 Å². The number of rotatable bonds is 1. The van der Waals surface area contributed by atoms with Crippen molar-refractivity contribution in [3.05, 3.63) is 0 Å². The van der Waals surface area contributed by atoms with E-state index in [1.807, 2.05) is 0 Å². The van der Waals surface area contributed by atoms with Crippen molar-refractivity contribution in [3.63, 3.8) is 0 Å². The largest absolute Gasteiger partial charge is 0.306 e. The minimum absolute atomic E-state index is 0. The number of likely N-dealkylation sites (tertiary alicyclic amines) is 1. The van der Waals surface area contributed by atoms with Crippen LogP contribution in [0.5, 0.6) is 0 Å². The molecule has 2 aliphatic rings. The summed E-state index contributed by atoms with van der Waals surface area (Å²) < 4.78 is 0. The molecule has 2 aliphatic heterocycles. The molecule has 2 rings (SSSR count). The summed E-state index contributed by atoms with van der Waals surface area (Å²) >= 11 is 0. The van der Waals surface area contributed by atoms with Crippen LogP contribution in [0.3, 0.4) is 0 Å². The summed E-state index contributed by atoms with van der Waals surface area (Å²) in [6.07, 6.45) is 2.39. The Morgan fingerprint density at radius 3 is 1.44 bits per heavy atom. The molecule has 2 heterocycles. The molecule has 108 valence electrons. The van der Waals surface area contributed by atoms with Crippen LogP contribution in [0, 0.1) is 0 Å². The average Bonchev–Trinajstić information content (AvgIpc) is 2.35. The van der Waals surface area contributed by atoms with Gasteiger partial charge < -0.3 is 14.7 Å². The molecule has 0 N–H and O–H groups in total. The molecule has 4 nitrogen and oxygen atoms in total. The lowest BCUT2D eigenvalue weighted by atomic mass is 10.1. The van der Waals surface area contributed by atoms with Gasteiger partial charge in [0.15, 0.2) is 0 Å². The average molecular weight is 256 g/mol. The van der Waals surface area contributed by atoms with Gasteiger partial charge in [-0.1, -0.05) is 7.43 Å². The molecule has 0 aromatic heterocycles. The fourth-order valence-corrected chi connectivity index (χ4v) is 2.08. The Hall–Kier alpha value is -0.450. The zero-order valence-electron chi connectivity index (χ0n) is 11.7. The maximum Gasteiger partial charge on any atom is 0.0516 e. The smallest absolute Gasteiger partial charge is 0.0516 e. The van der Waals surface area contributed by atoms with Crippen LogP contribution < -0.4 is 0 Å². The topological polar surface area (TPSA) is 22.1 Å². The second-order valence-electron chi connectivity index (χ2n) is 5.32. The van der Waals surface area contributed by atoms with E-state index in [-0.39, 0.29) is 7.43 Å². The quantitative estimate of drug-likeness (QED) is 0.660. The van der Waals surface area contributed by atoms with Gasteiger partial charge in [-0.2, -0.15) is 0 Å². The van der Waals surface area contributed by atoms with Gasteiger partial charge in [-0.05, 0) is 53.8 Å². The van der Waals surface area contributed by atoms with Gasteiger partial charge in [-0.25, -0.2) is 0 Å². The third-order valence-corrected chi connectivity index (χ3v) is 3.67. The van der Waals surface area contributed by atoms with Gasteiger partial charge in [-0.15, -0.1) is 0 Å². The van der Waals surface area contributed by atoms with E-state index in [0.717, 1.165) is 0 Å². The van der Waals surface area contributed by atoms with Crippen LogP contribution in [0.25, 0.3) is 0 Å². The monoisotopic (exact) mass is 256 g/mol. The van der Waals surface area contributed by atoms with Crippen molar-refractivity contribution in [1.29, 1.82) is 0 Å². The number of aliphatic imine (C=N–C) groups is 1. The first kappa shape index (κ1) is 17.6. The van der Waals surface area contributed by atoms with Crippen molar-refractivity contribution >= 4 is 6.72 Å². The van der Waals surface area contributed by atoms with Crippen LogP contribution in [0.15, 0.2) is 4.99 Å². The number of nitrogens with zero attached hydrogens (tertiary/aromatic N) is 4. The predicted molar refractivity (Wildman–Crippen MR) is 81.8 cm³/mol. The van der Waals surface area contributed by atoms with Crippen molar-refractivity contribution in [2.75, 3.05) is 60.4 Å². The molecule has 0 saturated carbocycles. The van der Waals surface area contributed by atoms with Crippen molar-refractivity contribution in [2.45, 2.75) is 26.3 Å². The second kappa shape index (κ2) is 9.48. The van der Waals surface area contributed by atoms with Gasteiger partial charge in [0.1, 0.15) is 0 Å². The number of piperidine rings is 1. The van der Waals surface area contributed by atoms with E-state index in [9.17, 15) is 0 Å². The van der Waals surface area contributed by atoms with Crippen LogP contribution in [0.4, 0.5) is 0 Å². The molecule has 2 saturated heterocycles. The lowest BCUT2D eigenvalue weighted by Gasteiger charge is -2.28. The Bertz CT molecular complexity index is 194. The van der Waals surface area contributed by atoms with Crippen LogP contribution in [-0.2, 0) is 0 Å². The Morgan fingerprint density at radius 1 is 0.778 bits per heavy atom. The SMILES string of the molecule is C.C=NC1CCN(C)CC1.CN1CCN(C)CC1. The normalized spacial score (nSPS) is 23.7. The van der Waals surface area contributed by atoms with Gasteiger partial charge >= 0.3 is 0 Å². The van der Waals surface area contributed by atoms with Crippen LogP contribution >= 0.6 is 0 Å². The highest BCUT2D eigenvalue weighted by Crippen LogP contribution is 2.10. The van der Waals surface area contributed by atoms with E-state index in [1.165, 1.54) is 52.1 Å². The minimum atomic E-state index is 0. The van der Waals surface area contributed by atoms with Gasteiger partial charge in [0, 0.05) is 26.2 Å². The van der Waals surface area contributed by atoms with E-state index in [0.29, 0.717) is 6.04 Å². The summed E-state index contributed by atoms with van der Waals surface area (Å²) in [4.78, 5) is 11.1. The second-order valence-corrected chi connectivity index (χ2v) is 5.32. The standard InChI is InChI=1S/C7H14N2.C6H14N2.CH4/c1-8-7-3-5-9(2)6-4-7;1-7-3-5-8(2)6-4-7;/h7H,1,3-6H2,2H3;3-6H2,1-2H3;1H4. The predicted octanol–water partition coefficient (Wildman–Crippen LogP) is 1.28. The van der Waals surface area contributed by atoms with Crippen molar-refractivity contribution in [1.82, 2.24) is 14.7 Å². The summed E-state index contributed by atoms with van der Waals surface area (Å²) in [6.45, 7) is 10.8. The Kier molecular flexibility index (Phi) is 9.24. The molecular formula is C14H32N4. The van der Waals surface area contributed by atoms with E-state index in [1.54, 1.807) is 0 Å². The van der Waals surface area contributed by atoms with Crippen molar-refractivity contribution < 1.29 is 0 Å². The molecular weight excluding hydrogens is 224 g/mol. The lowest BCUT2D eigenvalue weighted by molar-refractivity contribution is 0.181. The highest BCUT2D eigenvalue weighted by Gasteiger charge is 2.13. The number of hydrogen-bond acceptors (Lipinski definition) is 4. The van der Waals surface area contributed by atoms with Crippen molar-refractivity contribution in [3.8, 4) is 0 Å². The summed E-state index contributed by atoms with van der Waals surface area (Å²) in [5, 5.41) is 0. The van der Waals surface area contributed by atoms with E-state index in [2.05, 4.69) is 47.6 Å². The molecule has 0 unspecified atom stereocenters. The maximum absolute atomic E-state index is 4.01. The molecule has 0 aromatic rings. The third-order valence-electron chi connectivity index (χ3n) is 3.67. The molecule has 4 heteroatoms. The molecule has 2 fully saturated rings. The molecule has 0 spiro atoms. The summed E-state index contributed by atoms with van der Waals surface area (Å²) in [7, 11) is 6.50. The fraction of sp³-hybridized carbons (Fsp3) is 0.929. The van der Waals surface area contributed by atoms with Gasteiger partial charge in [0.2, 0.25) is 0 Å². The maximum atomic E-state index is 4.01.